The molecule has 0 aliphatic heterocycles. The van der Waals surface area contributed by atoms with Gasteiger partial charge in [-0.15, -0.1) is 5.10 Å². The second kappa shape index (κ2) is 8.48. The van der Waals surface area contributed by atoms with Crippen LogP contribution in [0.1, 0.15) is 51.7 Å². The van der Waals surface area contributed by atoms with Crippen molar-refractivity contribution in [3.63, 3.8) is 0 Å². The first-order valence-electron chi connectivity index (χ1n) is 8.90. The molecule has 0 fully saturated rings. The normalized spacial score (nSPS) is 12.4. The van der Waals surface area contributed by atoms with Crippen LogP contribution in [0, 0.1) is 0 Å². The summed E-state index contributed by atoms with van der Waals surface area (Å²) in [5.74, 6) is 0.871. The summed E-state index contributed by atoms with van der Waals surface area (Å²) in [6.07, 6.45) is 7.02. The minimum atomic E-state index is -0.124. The van der Waals surface area contributed by atoms with Gasteiger partial charge in [0.05, 0.1) is 5.52 Å². The van der Waals surface area contributed by atoms with Crippen molar-refractivity contribution in [3.8, 4) is 5.75 Å². The average molecular weight is 323 g/mol. The van der Waals surface area contributed by atoms with Crippen LogP contribution in [0.2, 0.25) is 0 Å². The molecule has 3 aromatic rings. The highest BCUT2D eigenvalue weighted by atomic mass is 16.5. The molecule has 24 heavy (non-hydrogen) atoms. The molecule has 3 rings (SSSR count). The van der Waals surface area contributed by atoms with Gasteiger partial charge in [-0.25, -0.2) is 4.68 Å². The van der Waals surface area contributed by atoms with E-state index >= 15 is 0 Å². The Balaban J connectivity index is 1.76. The molecule has 0 bridgehead atoms. The van der Waals surface area contributed by atoms with Crippen molar-refractivity contribution in [3.05, 3.63) is 54.6 Å². The Morgan fingerprint density at radius 3 is 2.50 bits per heavy atom. The highest BCUT2D eigenvalue weighted by molar-refractivity contribution is 5.73. The lowest BCUT2D eigenvalue weighted by atomic mass is 10.1. The number of unbranched alkanes of at least 4 members (excludes halogenated alkanes) is 4. The van der Waals surface area contributed by atoms with Gasteiger partial charge in [0.25, 0.3) is 0 Å². The minimum absolute atomic E-state index is 0.124. The maximum atomic E-state index is 6.23. The van der Waals surface area contributed by atoms with Crippen molar-refractivity contribution >= 4 is 11.0 Å². The molecule has 2 aromatic carbocycles. The van der Waals surface area contributed by atoms with Gasteiger partial charge in [-0.05, 0) is 30.7 Å². The Kier molecular flexibility index (Phi) is 5.83. The van der Waals surface area contributed by atoms with Gasteiger partial charge in [0.2, 0.25) is 0 Å². The summed E-state index contributed by atoms with van der Waals surface area (Å²) in [6, 6.07) is 18.0. The fraction of sp³-hybridized carbons (Fsp3) is 0.400. The summed E-state index contributed by atoms with van der Waals surface area (Å²) in [6.45, 7) is 2.24. The molecule has 1 unspecified atom stereocenters. The van der Waals surface area contributed by atoms with E-state index in [1.165, 1.54) is 25.7 Å². The lowest BCUT2D eigenvalue weighted by molar-refractivity contribution is 0.108. The predicted molar refractivity (Wildman–Crippen MR) is 97.0 cm³/mol. The van der Waals surface area contributed by atoms with Crippen LogP contribution < -0.4 is 4.74 Å². The smallest absolute Gasteiger partial charge is 0.193 e. The maximum absolute atomic E-state index is 6.23. The number of fused-ring (bicyclic) bond motifs is 1. The third-order valence-electron chi connectivity index (χ3n) is 4.22. The van der Waals surface area contributed by atoms with Crippen LogP contribution in [0.25, 0.3) is 11.0 Å². The molecule has 0 radical (unpaired) electrons. The van der Waals surface area contributed by atoms with E-state index in [0.717, 1.165) is 29.6 Å². The number of benzene rings is 2. The monoisotopic (exact) mass is 323 g/mol. The topological polar surface area (TPSA) is 39.9 Å². The van der Waals surface area contributed by atoms with E-state index in [4.69, 9.17) is 4.74 Å². The average Bonchev–Trinajstić information content (AvgIpc) is 3.05. The van der Waals surface area contributed by atoms with E-state index in [2.05, 4.69) is 17.2 Å². The summed E-state index contributed by atoms with van der Waals surface area (Å²) >= 11 is 0. The molecule has 4 nitrogen and oxygen atoms in total. The molecule has 0 spiro atoms. The van der Waals surface area contributed by atoms with Gasteiger partial charge in [0, 0.05) is 6.42 Å². The molecular formula is C20H25N3O. The molecule has 1 atom stereocenters. The Labute approximate surface area is 143 Å². The summed E-state index contributed by atoms with van der Waals surface area (Å²) in [4.78, 5) is 0. The Morgan fingerprint density at radius 2 is 1.67 bits per heavy atom. The maximum Gasteiger partial charge on any atom is 0.193 e. The second-order valence-electron chi connectivity index (χ2n) is 6.11. The molecule has 0 aliphatic carbocycles. The highest BCUT2D eigenvalue weighted by Gasteiger charge is 2.17. The summed E-state index contributed by atoms with van der Waals surface area (Å²) in [5, 5.41) is 8.62. The summed E-state index contributed by atoms with van der Waals surface area (Å²) < 4.78 is 8.15. The van der Waals surface area contributed by atoms with Gasteiger partial charge in [-0.3, -0.25) is 0 Å². The number of hydrogen-bond donors (Lipinski definition) is 0. The van der Waals surface area contributed by atoms with Gasteiger partial charge in [0.15, 0.2) is 6.23 Å². The van der Waals surface area contributed by atoms with Crippen LogP contribution in [-0.2, 0) is 0 Å². The molecule has 0 N–H and O–H groups in total. The van der Waals surface area contributed by atoms with Crippen LogP contribution >= 0.6 is 0 Å². The second-order valence-corrected chi connectivity index (χ2v) is 6.11. The van der Waals surface area contributed by atoms with Gasteiger partial charge in [0.1, 0.15) is 11.3 Å². The molecule has 1 heterocycles. The predicted octanol–water partition coefficient (Wildman–Crippen LogP) is 5.37. The van der Waals surface area contributed by atoms with Gasteiger partial charge in [-0.2, -0.15) is 0 Å². The molecule has 0 saturated heterocycles. The number of aromatic nitrogens is 3. The third kappa shape index (κ3) is 4.13. The van der Waals surface area contributed by atoms with E-state index in [1.807, 2.05) is 59.3 Å². The lowest BCUT2D eigenvalue weighted by Gasteiger charge is -2.20. The van der Waals surface area contributed by atoms with E-state index in [-0.39, 0.29) is 6.23 Å². The van der Waals surface area contributed by atoms with Gasteiger partial charge < -0.3 is 4.74 Å². The largest absolute Gasteiger partial charge is 0.469 e. The number of para-hydroxylation sites is 2. The quantitative estimate of drug-likeness (QED) is 0.497. The van der Waals surface area contributed by atoms with Crippen LogP contribution in [0.3, 0.4) is 0 Å². The first-order valence-corrected chi connectivity index (χ1v) is 8.90. The number of hydrogen-bond acceptors (Lipinski definition) is 3. The zero-order chi connectivity index (χ0) is 16.6. The molecule has 0 aliphatic rings. The first kappa shape index (κ1) is 16.5. The highest BCUT2D eigenvalue weighted by Crippen LogP contribution is 2.24. The summed E-state index contributed by atoms with van der Waals surface area (Å²) in [5.41, 5.74) is 1.93. The van der Waals surface area contributed by atoms with Crippen LogP contribution in [0.4, 0.5) is 0 Å². The van der Waals surface area contributed by atoms with Crippen molar-refractivity contribution in [2.45, 2.75) is 51.7 Å². The van der Waals surface area contributed by atoms with E-state index < -0.39 is 0 Å². The number of rotatable bonds is 9. The minimum Gasteiger partial charge on any atom is -0.469 e. The van der Waals surface area contributed by atoms with Crippen molar-refractivity contribution < 1.29 is 4.74 Å². The van der Waals surface area contributed by atoms with Crippen LogP contribution in [0.15, 0.2) is 54.6 Å². The van der Waals surface area contributed by atoms with Crippen LogP contribution in [0.5, 0.6) is 5.75 Å². The Hall–Kier alpha value is -2.36. The SMILES string of the molecule is CCCCCCCC(Oc1ccccc1)n1nnc2ccccc21. The zero-order valence-corrected chi connectivity index (χ0v) is 14.3. The fourth-order valence-corrected chi connectivity index (χ4v) is 2.91. The summed E-state index contributed by atoms with van der Waals surface area (Å²) in [7, 11) is 0. The number of nitrogens with zero attached hydrogens (tertiary/aromatic N) is 3. The molecule has 0 amide bonds. The van der Waals surface area contributed by atoms with Crippen molar-refractivity contribution in [1.29, 1.82) is 0 Å². The van der Waals surface area contributed by atoms with E-state index in [9.17, 15) is 0 Å². The Morgan fingerprint density at radius 1 is 0.917 bits per heavy atom. The molecular weight excluding hydrogens is 298 g/mol. The van der Waals surface area contributed by atoms with Crippen molar-refractivity contribution in [1.82, 2.24) is 15.0 Å². The molecule has 1 aromatic heterocycles. The third-order valence-corrected chi connectivity index (χ3v) is 4.22. The van der Waals surface area contributed by atoms with E-state index in [1.54, 1.807) is 0 Å². The fourth-order valence-electron chi connectivity index (χ4n) is 2.91. The number of ether oxygens (including phenoxy) is 1. The zero-order valence-electron chi connectivity index (χ0n) is 14.3. The molecule has 4 heteroatoms. The Bertz CT molecular complexity index is 739. The van der Waals surface area contributed by atoms with E-state index in [0.29, 0.717) is 0 Å². The van der Waals surface area contributed by atoms with Crippen molar-refractivity contribution in [2.24, 2.45) is 0 Å². The van der Waals surface area contributed by atoms with Gasteiger partial charge >= 0.3 is 0 Å². The molecule has 126 valence electrons. The molecule has 0 saturated carbocycles. The van der Waals surface area contributed by atoms with Crippen LogP contribution in [-0.4, -0.2) is 15.0 Å². The van der Waals surface area contributed by atoms with Gasteiger partial charge in [-0.1, -0.05) is 68.2 Å². The standard InChI is InChI=1S/C20H25N3O/c1-2-3-4-5-9-16-20(24-17-12-7-6-8-13-17)23-19-15-11-10-14-18(19)21-22-23/h6-8,10-15,20H,2-5,9,16H2,1H3. The first-order chi connectivity index (χ1) is 11.9. The van der Waals surface area contributed by atoms with Crippen molar-refractivity contribution in [2.75, 3.05) is 0 Å². The lowest BCUT2D eigenvalue weighted by Crippen LogP contribution is -2.17.